The third-order valence-corrected chi connectivity index (χ3v) is 5.40. The monoisotopic (exact) mass is 555 g/mol. The van der Waals surface area contributed by atoms with E-state index in [1.165, 1.54) is 43.3 Å². The normalized spacial score (nSPS) is 16.1. The molecule has 1 aliphatic heterocycles. The summed E-state index contributed by atoms with van der Waals surface area (Å²) < 4.78 is 77.5. The van der Waals surface area contributed by atoms with Crippen LogP contribution in [0, 0.1) is 6.92 Å². The topological polar surface area (TPSA) is 79.5 Å². The van der Waals surface area contributed by atoms with Crippen LogP contribution < -0.4 is 16.1 Å². The Balaban J connectivity index is 1.84. The van der Waals surface area contributed by atoms with Crippen LogP contribution in [0.1, 0.15) is 33.1 Å². The molecule has 1 heterocycles. The highest BCUT2D eigenvalue weighted by Gasteiger charge is 2.46. The van der Waals surface area contributed by atoms with E-state index < -0.39 is 49.1 Å². The van der Waals surface area contributed by atoms with Crippen LogP contribution in [-0.2, 0) is 9.63 Å². The molecular formula is C22H17Cl2F6N3O3. The number of hydrogen-bond donors (Lipinski definition) is 3. The number of hydroxylamine groups is 1. The van der Waals surface area contributed by atoms with E-state index >= 15 is 0 Å². The number of rotatable bonds is 6. The molecule has 6 nitrogen and oxygen atoms in total. The van der Waals surface area contributed by atoms with Crippen LogP contribution >= 0.6 is 23.2 Å². The molecule has 194 valence electrons. The fraction of sp³-hybridized carbons (Fsp3) is 0.273. The number of halogens is 8. The van der Waals surface area contributed by atoms with Crippen molar-refractivity contribution in [3.05, 3.63) is 74.5 Å². The predicted octanol–water partition coefficient (Wildman–Crippen LogP) is 5.26. The van der Waals surface area contributed by atoms with Crippen LogP contribution in [0.2, 0.25) is 10.0 Å². The fourth-order valence-corrected chi connectivity index (χ4v) is 3.98. The lowest BCUT2D eigenvalue weighted by atomic mass is 9.91. The van der Waals surface area contributed by atoms with Gasteiger partial charge in [0.15, 0.2) is 0 Å². The minimum Gasteiger partial charge on any atom is -0.402 e. The van der Waals surface area contributed by atoms with Crippen molar-refractivity contribution in [1.29, 1.82) is 0 Å². The van der Waals surface area contributed by atoms with Gasteiger partial charge in [-0.15, -0.1) is 5.48 Å². The van der Waals surface area contributed by atoms with Crippen LogP contribution in [0.5, 0.6) is 0 Å². The molecule has 0 fully saturated rings. The zero-order valence-electron chi connectivity index (χ0n) is 18.2. The van der Waals surface area contributed by atoms with Crippen molar-refractivity contribution in [2.45, 2.75) is 25.3 Å². The Bertz CT molecular complexity index is 1190. The first kappa shape index (κ1) is 27.6. The van der Waals surface area contributed by atoms with E-state index in [0.29, 0.717) is 11.1 Å². The number of amides is 2. The summed E-state index contributed by atoms with van der Waals surface area (Å²) in [6, 6.07) is 6.97. The molecule has 14 heteroatoms. The molecule has 1 unspecified atom stereocenters. The second kappa shape index (κ2) is 10.6. The Kier molecular flexibility index (Phi) is 8.11. The third-order valence-electron chi connectivity index (χ3n) is 4.97. The molecule has 0 bridgehead atoms. The minimum atomic E-state index is -4.84. The van der Waals surface area contributed by atoms with Crippen molar-refractivity contribution >= 4 is 40.6 Å². The lowest BCUT2D eigenvalue weighted by Crippen LogP contribution is -2.41. The Morgan fingerprint density at radius 3 is 2.19 bits per heavy atom. The Labute approximate surface area is 210 Å². The van der Waals surface area contributed by atoms with Gasteiger partial charge in [0.2, 0.25) is 11.7 Å². The molecule has 2 aromatic carbocycles. The van der Waals surface area contributed by atoms with Crippen LogP contribution in [0.25, 0.3) is 5.57 Å². The van der Waals surface area contributed by atoms with Gasteiger partial charge >= 0.3 is 12.4 Å². The zero-order valence-corrected chi connectivity index (χ0v) is 19.7. The van der Waals surface area contributed by atoms with Gasteiger partial charge in [-0.1, -0.05) is 35.3 Å². The Morgan fingerprint density at radius 2 is 1.64 bits per heavy atom. The van der Waals surface area contributed by atoms with Gasteiger partial charge < -0.3 is 15.5 Å². The molecule has 36 heavy (non-hydrogen) atoms. The molecule has 0 spiro atoms. The average molecular weight is 556 g/mol. The fourth-order valence-electron chi connectivity index (χ4n) is 3.45. The molecule has 3 rings (SSSR count). The molecule has 3 N–H and O–H groups in total. The van der Waals surface area contributed by atoms with Crippen molar-refractivity contribution < 1.29 is 40.8 Å². The lowest BCUT2D eigenvalue weighted by molar-refractivity contribution is -0.137. The maximum absolute atomic E-state index is 13.7. The van der Waals surface area contributed by atoms with Gasteiger partial charge in [0.25, 0.3) is 5.91 Å². The Morgan fingerprint density at radius 1 is 1.00 bits per heavy atom. The first-order valence-corrected chi connectivity index (χ1v) is 10.8. The highest BCUT2D eigenvalue weighted by Crippen LogP contribution is 2.45. The van der Waals surface area contributed by atoms with Gasteiger partial charge in [0, 0.05) is 21.2 Å². The predicted molar refractivity (Wildman–Crippen MR) is 119 cm³/mol. The summed E-state index contributed by atoms with van der Waals surface area (Å²) in [5, 5.41) is 4.03. The number of carbonyl (C=O) groups excluding carboxylic acids is 2. The number of nitrogens with one attached hydrogen (secondary N) is 3. The highest BCUT2D eigenvalue weighted by molar-refractivity contribution is 6.34. The Hall–Kier alpha value is -2.96. The van der Waals surface area contributed by atoms with E-state index in [-0.39, 0.29) is 26.7 Å². The molecule has 0 aromatic heterocycles. The summed E-state index contributed by atoms with van der Waals surface area (Å²) in [6.45, 7) is -0.743. The lowest BCUT2D eigenvalue weighted by Gasteiger charge is -2.17. The second-order valence-electron chi connectivity index (χ2n) is 7.70. The number of aryl methyl sites for hydroxylation is 1. The van der Waals surface area contributed by atoms with Crippen LogP contribution in [-0.4, -0.2) is 37.3 Å². The molecule has 0 radical (unpaired) electrons. The average Bonchev–Trinajstić information content (AvgIpc) is 3.20. The highest BCUT2D eigenvalue weighted by atomic mass is 35.5. The van der Waals surface area contributed by atoms with Crippen molar-refractivity contribution in [1.82, 2.24) is 16.1 Å². The van der Waals surface area contributed by atoms with E-state index in [0.717, 1.165) is 0 Å². The van der Waals surface area contributed by atoms with Gasteiger partial charge in [-0.2, -0.15) is 26.3 Å². The van der Waals surface area contributed by atoms with E-state index in [9.17, 15) is 35.9 Å². The van der Waals surface area contributed by atoms with Gasteiger partial charge in [-0.3, -0.25) is 9.59 Å². The number of carbonyl (C=O) groups is 2. The summed E-state index contributed by atoms with van der Waals surface area (Å²) in [5.41, 5.74) is 2.82. The summed E-state index contributed by atoms with van der Waals surface area (Å²) in [6.07, 6.45) is -9.44. The number of alkyl halides is 6. The maximum Gasteiger partial charge on any atom is 0.451 e. The van der Waals surface area contributed by atoms with Gasteiger partial charge in [-0.05, 0) is 47.9 Å². The first-order valence-electron chi connectivity index (χ1n) is 10.1. The molecule has 0 aliphatic carbocycles. The summed E-state index contributed by atoms with van der Waals surface area (Å²) in [5.74, 6) is -3.09. The van der Waals surface area contributed by atoms with Crippen molar-refractivity contribution in [2.75, 3.05) is 13.1 Å². The van der Waals surface area contributed by atoms with E-state index in [1.54, 1.807) is 5.32 Å². The molecule has 2 amide bonds. The van der Waals surface area contributed by atoms with E-state index in [1.807, 2.05) is 0 Å². The summed E-state index contributed by atoms with van der Waals surface area (Å²) in [7, 11) is 0. The van der Waals surface area contributed by atoms with Crippen LogP contribution in [0.3, 0.4) is 0 Å². The van der Waals surface area contributed by atoms with Gasteiger partial charge in [-0.25, -0.2) is 0 Å². The molecule has 0 saturated carbocycles. The quantitative estimate of drug-likeness (QED) is 0.425. The van der Waals surface area contributed by atoms with E-state index in [4.69, 9.17) is 28.0 Å². The van der Waals surface area contributed by atoms with Crippen molar-refractivity contribution in [3.63, 3.8) is 0 Å². The van der Waals surface area contributed by atoms with E-state index in [2.05, 4.69) is 10.8 Å². The SMILES string of the molecule is Cc1cc(C2NOC(C(F)(F)F)=C2c2cc(Cl)cc(Cl)c2)ccc1C(=O)NCC(=O)NCC(F)(F)F. The maximum atomic E-state index is 13.7. The summed E-state index contributed by atoms with van der Waals surface area (Å²) >= 11 is 12.0. The standard InChI is InChI=1S/C22H17Cl2F6N3O3/c1-10-4-11(2-3-15(10)20(35)31-8-16(34)32-9-21(25,26)27)18-17(19(36-33-18)22(28,29)30)12-5-13(23)7-14(24)6-12/h2-7,18,33H,8-9H2,1H3,(H,31,35)(H,32,34). The third kappa shape index (κ3) is 6.83. The van der Waals surface area contributed by atoms with Crippen molar-refractivity contribution in [3.8, 4) is 0 Å². The molecular weight excluding hydrogens is 539 g/mol. The molecule has 1 atom stereocenters. The molecule has 1 aliphatic rings. The van der Waals surface area contributed by atoms with Crippen LogP contribution in [0.15, 0.2) is 42.2 Å². The smallest absolute Gasteiger partial charge is 0.402 e. The van der Waals surface area contributed by atoms with Gasteiger partial charge in [0.05, 0.1) is 12.6 Å². The molecule has 0 saturated heterocycles. The van der Waals surface area contributed by atoms with Crippen molar-refractivity contribution in [2.24, 2.45) is 0 Å². The molecule has 2 aromatic rings. The minimum absolute atomic E-state index is 0.0636. The zero-order chi connectivity index (χ0) is 26.8. The summed E-state index contributed by atoms with van der Waals surface area (Å²) in [4.78, 5) is 28.7. The number of allylic oxidation sites excluding steroid dienone is 1. The number of benzene rings is 2. The largest absolute Gasteiger partial charge is 0.451 e. The van der Waals surface area contributed by atoms with Crippen LogP contribution in [0.4, 0.5) is 26.3 Å². The second-order valence-corrected chi connectivity index (χ2v) is 8.57. The number of hydrogen-bond acceptors (Lipinski definition) is 4. The van der Waals surface area contributed by atoms with Gasteiger partial charge in [0.1, 0.15) is 6.54 Å². The first-order chi connectivity index (χ1) is 16.7.